The summed E-state index contributed by atoms with van der Waals surface area (Å²) < 4.78 is 0. The molecule has 0 aliphatic carbocycles. The van der Waals surface area contributed by atoms with E-state index in [9.17, 15) is 4.79 Å². The molecule has 1 saturated heterocycles. The summed E-state index contributed by atoms with van der Waals surface area (Å²) >= 11 is 1.46. The van der Waals surface area contributed by atoms with E-state index in [0.717, 1.165) is 36.9 Å². The summed E-state index contributed by atoms with van der Waals surface area (Å²) in [4.78, 5) is 19.4. The highest BCUT2D eigenvalue weighted by Gasteiger charge is 2.11. The van der Waals surface area contributed by atoms with Gasteiger partial charge in [0.1, 0.15) is 0 Å². The topological polar surface area (TPSA) is 68.8 Å². The van der Waals surface area contributed by atoms with Gasteiger partial charge in [-0.25, -0.2) is 0 Å². The van der Waals surface area contributed by atoms with Crippen LogP contribution in [0.15, 0.2) is 46.8 Å². The molecule has 0 spiro atoms. The van der Waals surface area contributed by atoms with Crippen LogP contribution in [-0.2, 0) is 13.1 Å². The van der Waals surface area contributed by atoms with E-state index in [1.54, 1.807) is 7.05 Å². The smallest absolute Gasteiger partial charge is 0.261 e. The van der Waals surface area contributed by atoms with Crippen LogP contribution in [0, 0.1) is 0 Å². The van der Waals surface area contributed by atoms with Crippen molar-refractivity contribution in [2.45, 2.75) is 32.4 Å². The number of nitrogens with zero attached hydrogens (tertiary/aromatic N) is 2. The van der Waals surface area contributed by atoms with Crippen LogP contribution in [0.3, 0.4) is 0 Å². The van der Waals surface area contributed by atoms with Crippen molar-refractivity contribution in [1.82, 2.24) is 20.9 Å². The van der Waals surface area contributed by atoms with E-state index < -0.39 is 0 Å². The van der Waals surface area contributed by atoms with E-state index in [2.05, 4.69) is 50.1 Å². The largest absolute Gasteiger partial charge is 0.356 e. The van der Waals surface area contributed by atoms with Gasteiger partial charge < -0.3 is 16.0 Å². The Morgan fingerprint density at radius 2 is 1.73 bits per heavy atom. The van der Waals surface area contributed by atoms with Crippen LogP contribution >= 0.6 is 35.3 Å². The zero-order valence-corrected chi connectivity index (χ0v) is 20.7. The van der Waals surface area contributed by atoms with Gasteiger partial charge in [0.2, 0.25) is 0 Å². The first-order valence-corrected chi connectivity index (χ1v) is 11.2. The van der Waals surface area contributed by atoms with Crippen LogP contribution < -0.4 is 16.0 Å². The summed E-state index contributed by atoms with van der Waals surface area (Å²) in [5, 5.41) is 11.5. The van der Waals surface area contributed by atoms with Crippen molar-refractivity contribution in [3.8, 4) is 0 Å². The van der Waals surface area contributed by atoms with Gasteiger partial charge in [0.15, 0.2) is 5.96 Å². The summed E-state index contributed by atoms with van der Waals surface area (Å²) in [6.07, 6.45) is 3.49. The highest BCUT2D eigenvalue weighted by molar-refractivity contribution is 14.0. The predicted molar refractivity (Wildman–Crippen MR) is 136 cm³/mol. The van der Waals surface area contributed by atoms with Crippen LogP contribution in [0.25, 0.3) is 0 Å². The fourth-order valence-electron chi connectivity index (χ4n) is 3.36. The number of carbonyl (C=O) groups is 1. The van der Waals surface area contributed by atoms with Crippen molar-refractivity contribution in [1.29, 1.82) is 0 Å². The summed E-state index contributed by atoms with van der Waals surface area (Å²) in [6, 6.07) is 12.5. The second-order valence-electron chi connectivity index (χ2n) is 7.24. The Balaban J connectivity index is 0.00000320. The van der Waals surface area contributed by atoms with Gasteiger partial charge in [0.25, 0.3) is 5.91 Å². The second kappa shape index (κ2) is 13.6. The number of amides is 1. The van der Waals surface area contributed by atoms with Gasteiger partial charge in [-0.3, -0.25) is 14.7 Å². The lowest BCUT2D eigenvalue weighted by Crippen LogP contribution is -2.38. The lowest BCUT2D eigenvalue weighted by Gasteiger charge is -2.15. The number of guanidine groups is 1. The Morgan fingerprint density at radius 3 is 2.40 bits per heavy atom. The second-order valence-corrected chi connectivity index (χ2v) is 8.19. The van der Waals surface area contributed by atoms with Gasteiger partial charge in [-0.1, -0.05) is 30.3 Å². The number of likely N-dealkylation sites (tertiary alicyclic amines) is 1. The molecule has 1 aromatic carbocycles. The zero-order valence-electron chi connectivity index (χ0n) is 17.5. The number of carbonyl (C=O) groups excluding carboxylic acids is 1. The highest BCUT2D eigenvalue weighted by atomic mass is 127. The molecule has 8 heteroatoms. The van der Waals surface area contributed by atoms with Gasteiger partial charge in [0.05, 0.1) is 4.88 Å². The molecule has 30 heavy (non-hydrogen) atoms. The average molecular weight is 542 g/mol. The van der Waals surface area contributed by atoms with E-state index in [-0.39, 0.29) is 29.9 Å². The Hall–Kier alpha value is -1.65. The molecular formula is C22H32IN5OS. The molecule has 0 bridgehead atoms. The van der Waals surface area contributed by atoms with Crippen molar-refractivity contribution in [2.24, 2.45) is 4.99 Å². The molecule has 1 fully saturated rings. The van der Waals surface area contributed by atoms with Crippen LogP contribution in [0.4, 0.5) is 0 Å². The first kappa shape index (κ1) is 24.6. The highest BCUT2D eigenvalue weighted by Crippen LogP contribution is 2.13. The molecule has 1 aliphatic rings. The molecule has 0 radical (unpaired) electrons. The average Bonchev–Trinajstić information content (AvgIpc) is 3.45. The lowest BCUT2D eigenvalue weighted by molar-refractivity contribution is 0.0957. The maximum atomic E-state index is 11.9. The number of benzene rings is 1. The Morgan fingerprint density at radius 1 is 1.03 bits per heavy atom. The predicted octanol–water partition coefficient (Wildman–Crippen LogP) is 3.45. The SMILES string of the molecule is CN=C(NCCCNC(=O)c1cccs1)NCc1ccc(CN2CCCC2)cc1.I. The molecule has 1 aromatic heterocycles. The van der Waals surface area contributed by atoms with Gasteiger partial charge in [-0.2, -0.15) is 0 Å². The number of halogens is 1. The molecule has 3 rings (SSSR count). The molecule has 3 N–H and O–H groups in total. The van der Waals surface area contributed by atoms with Crippen molar-refractivity contribution in [2.75, 3.05) is 33.2 Å². The van der Waals surface area contributed by atoms with Crippen LogP contribution in [0.5, 0.6) is 0 Å². The number of thiophene rings is 1. The Bertz CT molecular complexity index is 773. The molecule has 1 amide bonds. The zero-order chi connectivity index (χ0) is 20.3. The number of hydrogen-bond acceptors (Lipinski definition) is 4. The number of hydrogen-bond donors (Lipinski definition) is 3. The maximum absolute atomic E-state index is 11.9. The van der Waals surface area contributed by atoms with E-state index in [4.69, 9.17) is 0 Å². The molecule has 164 valence electrons. The number of rotatable bonds is 9. The molecular weight excluding hydrogens is 509 g/mol. The summed E-state index contributed by atoms with van der Waals surface area (Å²) in [6.45, 7) is 5.63. The van der Waals surface area contributed by atoms with Crippen molar-refractivity contribution < 1.29 is 4.79 Å². The molecule has 0 atom stereocenters. The lowest BCUT2D eigenvalue weighted by atomic mass is 10.1. The summed E-state index contributed by atoms with van der Waals surface area (Å²) in [5.74, 6) is 0.770. The van der Waals surface area contributed by atoms with E-state index in [1.165, 1.54) is 48.4 Å². The van der Waals surface area contributed by atoms with Crippen LogP contribution in [-0.4, -0.2) is 50.0 Å². The van der Waals surface area contributed by atoms with Gasteiger partial charge in [-0.05, 0) is 54.9 Å². The monoisotopic (exact) mass is 541 g/mol. The van der Waals surface area contributed by atoms with Crippen molar-refractivity contribution >= 4 is 47.2 Å². The molecule has 0 saturated carbocycles. The standard InChI is InChI=1S/C22H31N5OS.HI/c1-23-22(25-12-5-11-24-21(28)20-6-4-15-29-20)26-16-18-7-9-19(10-8-18)17-27-13-2-3-14-27;/h4,6-10,15H,2-3,5,11-14,16-17H2,1H3,(H,24,28)(H2,23,25,26);1H. The quantitative estimate of drug-likeness (QED) is 0.197. The van der Waals surface area contributed by atoms with Gasteiger partial charge >= 0.3 is 0 Å². The van der Waals surface area contributed by atoms with Crippen molar-refractivity contribution in [3.05, 3.63) is 57.8 Å². The van der Waals surface area contributed by atoms with Crippen molar-refractivity contribution in [3.63, 3.8) is 0 Å². The minimum atomic E-state index is -0.00400. The Kier molecular flexibility index (Phi) is 11.2. The first-order chi connectivity index (χ1) is 14.2. The fourth-order valence-corrected chi connectivity index (χ4v) is 4.00. The number of aliphatic imine (C=N–C) groups is 1. The van der Waals surface area contributed by atoms with E-state index >= 15 is 0 Å². The van der Waals surface area contributed by atoms with Crippen LogP contribution in [0.2, 0.25) is 0 Å². The van der Waals surface area contributed by atoms with Gasteiger partial charge in [0, 0.05) is 33.2 Å². The van der Waals surface area contributed by atoms with E-state index in [1.807, 2.05) is 17.5 Å². The fraction of sp³-hybridized carbons (Fsp3) is 0.455. The minimum absolute atomic E-state index is 0. The third kappa shape index (κ3) is 8.23. The third-order valence-electron chi connectivity index (χ3n) is 4.99. The first-order valence-electron chi connectivity index (χ1n) is 10.3. The van der Waals surface area contributed by atoms with Crippen LogP contribution in [0.1, 0.15) is 40.1 Å². The Labute approximate surface area is 200 Å². The minimum Gasteiger partial charge on any atom is -0.356 e. The molecule has 1 aliphatic heterocycles. The third-order valence-corrected chi connectivity index (χ3v) is 5.86. The molecule has 2 heterocycles. The normalized spacial score (nSPS) is 14.2. The molecule has 6 nitrogen and oxygen atoms in total. The number of nitrogens with one attached hydrogen (secondary N) is 3. The molecule has 0 unspecified atom stereocenters. The summed E-state index contributed by atoms with van der Waals surface area (Å²) in [5.41, 5.74) is 2.61. The maximum Gasteiger partial charge on any atom is 0.261 e. The van der Waals surface area contributed by atoms with E-state index in [0.29, 0.717) is 6.54 Å². The molecule has 2 aromatic rings. The van der Waals surface area contributed by atoms with Gasteiger partial charge in [-0.15, -0.1) is 35.3 Å². The summed E-state index contributed by atoms with van der Waals surface area (Å²) in [7, 11) is 1.77.